The molecule has 1 aliphatic heterocycles. The zero-order valence-electron chi connectivity index (χ0n) is 16.0. The number of nitrogens with zero attached hydrogens (tertiary/aromatic N) is 6. The summed E-state index contributed by atoms with van der Waals surface area (Å²) in [5.74, 6) is 2.09. The van der Waals surface area contributed by atoms with Gasteiger partial charge in [0.25, 0.3) is 5.78 Å². The van der Waals surface area contributed by atoms with E-state index in [-0.39, 0.29) is 4.90 Å². The van der Waals surface area contributed by atoms with Crippen molar-refractivity contribution in [3.8, 4) is 5.75 Å². The maximum atomic E-state index is 13.0. The lowest BCUT2D eigenvalue weighted by atomic mass is 10.2. The molecular formula is C18H22N6O3S. The van der Waals surface area contributed by atoms with E-state index in [2.05, 4.69) is 20.0 Å². The molecule has 1 aliphatic rings. The Morgan fingerprint density at radius 2 is 1.71 bits per heavy atom. The Labute approximate surface area is 163 Å². The van der Waals surface area contributed by atoms with Gasteiger partial charge in [0.15, 0.2) is 0 Å². The van der Waals surface area contributed by atoms with E-state index in [9.17, 15) is 8.42 Å². The number of fused-ring (bicyclic) bond motifs is 1. The standard InChI is InChI=1S/C18H22N6O3S/c1-13-14(2)21-18-19-12-20-24(18)17(13)22-8-10-23(11-9-22)28(25,26)16-6-4-15(27-3)5-7-16/h4-7,12H,8-11H2,1-3H3. The third kappa shape index (κ3) is 3.08. The fraction of sp³-hybridized carbons (Fsp3) is 0.389. The monoisotopic (exact) mass is 402 g/mol. The molecule has 148 valence electrons. The lowest BCUT2D eigenvalue weighted by molar-refractivity contribution is 0.382. The van der Waals surface area contributed by atoms with E-state index in [4.69, 9.17) is 4.74 Å². The molecule has 4 rings (SSSR count). The summed E-state index contributed by atoms with van der Waals surface area (Å²) in [7, 11) is -1.99. The third-order valence-corrected chi connectivity index (χ3v) is 7.02. The summed E-state index contributed by atoms with van der Waals surface area (Å²) in [5.41, 5.74) is 1.91. The predicted molar refractivity (Wildman–Crippen MR) is 104 cm³/mol. The van der Waals surface area contributed by atoms with E-state index in [1.165, 1.54) is 10.6 Å². The summed E-state index contributed by atoms with van der Waals surface area (Å²) < 4.78 is 34.2. The number of aromatic nitrogens is 4. The minimum absolute atomic E-state index is 0.274. The molecule has 2 aromatic heterocycles. The summed E-state index contributed by atoms with van der Waals surface area (Å²) >= 11 is 0. The summed E-state index contributed by atoms with van der Waals surface area (Å²) in [5, 5.41) is 4.29. The van der Waals surface area contributed by atoms with Crippen molar-refractivity contribution in [3.63, 3.8) is 0 Å². The van der Waals surface area contributed by atoms with Gasteiger partial charge in [-0.25, -0.2) is 13.4 Å². The lowest BCUT2D eigenvalue weighted by Crippen LogP contribution is -2.49. The van der Waals surface area contributed by atoms with Crippen molar-refractivity contribution in [1.29, 1.82) is 0 Å². The normalized spacial score (nSPS) is 15.9. The molecular weight excluding hydrogens is 380 g/mol. The number of anilines is 1. The second-order valence-electron chi connectivity index (χ2n) is 6.68. The average Bonchev–Trinajstić information content (AvgIpc) is 3.16. The molecule has 9 nitrogen and oxygen atoms in total. The van der Waals surface area contributed by atoms with Crippen LogP contribution < -0.4 is 9.64 Å². The van der Waals surface area contributed by atoms with Crippen LogP contribution in [0.1, 0.15) is 11.3 Å². The smallest absolute Gasteiger partial charge is 0.254 e. The predicted octanol–water partition coefficient (Wildman–Crippen LogP) is 1.26. The van der Waals surface area contributed by atoms with Gasteiger partial charge in [-0.05, 0) is 38.1 Å². The molecule has 0 unspecified atom stereocenters. The highest BCUT2D eigenvalue weighted by atomic mass is 32.2. The number of benzene rings is 1. The van der Waals surface area contributed by atoms with E-state index in [0.29, 0.717) is 37.7 Å². The number of methoxy groups -OCH3 is 1. The minimum Gasteiger partial charge on any atom is -0.497 e. The van der Waals surface area contributed by atoms with Crippen LogP contribution in [0.2, 0.25) is 0 Å². The molecule has 0 amide bonds. The van der Waals surface area contributed by atoms with Gasteiger partial charge in [0.05, 0.1) is 12.0 Å². The summed E-state index contributed by atoms with van der Waals surface area (Å²) in [6, 6.07) is 6.48. The van der Waals surface area contributed by atoms with Gasteiger partial charge < -0.3 is 9.64 Å². The van der Waals surface area contributed by atoms with Crippen LogP contribution in [0, 0.1) is 13.8 Å². The van der Waals surface area contributed by atoms with Crippen LogP contribution in [0.5, 0.6) is 5.75 Å². The molecule has 1 saturated heterocycles. The van der Waals surface area contributed by atoms with Crippen LogP contribution in [0.3, 0.4) is 0 Å². The summed E-state index contributed by atoms with van der Waals surface area (Å²) in [6.07, 6.45) is 1.48. The van der Waals surface area contributed by atoms with Gasteiger partial charge in [0.2, 0.25) is 10.0 Å². The van der Waals surface area contributed by atoms with Gasteiger partial charge in [0.1, 0.15) is 17.9 Å². The van der Waals surface area contributed by atoms with Crippen LogP contribution in [-0.2, 0) is 10.0 Å². The van der Waals surface area contributed by atoms with Crippen molar-refractivity contribution in [2.45, 2.75) is 18.7 Å². The zero-order chi connectivity index (χ0) is 19.9. The highest BCUT2D eigenvalue weighted by molar-refractivity contribution is 7.89. The van der Waals surface area contributed by atoms with Crippen molar-refractivity contribution in [2.75, 3.05) is 38.2 Å². The number of rotatable bonds is 4. The van der Waals surface area contributed by atoms with Gasteiger partial charge in [-0.15, -0.1) is 0 Å². The fourth-order valence-electron chi connectivity index (χ4n) is 3.42. The van der Waals surface area contributed by atoms with Gasteiger partial charge in [-0.2, -0.15) is 18.9 Å². The molecule has 0 saturated carbocycles. The zero-order valence-corrected chi connectivity index (χ0v) is 16.8. The van der Waals surface area contributed by atoms with Crippen molar-refractivity contribution < 1.29 is 13.2 Å². The molecule has 0 bridgehead atoms. The highest BCUT2D eigenvalue weighted by Gasteiger charge is 2.30. The number of hydrogen-bond acceptors (Lipinski definition) is 7. The first-order chi connectivity index (χ1) is 13.4. The average molecular weight is 402 g/mol. The first-order valence-electron chi connectivity index (χ1n) is 8.98. The Kier molecular flexibility index (Phi) is 4.68. The first kappa shape index (κ1) is 18.6. The first-order valence-corrected chi connectivity index (χ1v) is 10.4. The topological polar surface area (TPSA) is 92.9 Å². The molecule has 3 heterocycles. The SMILES string of the molecule is COc1ccc(S(=O)(=O)N2CCN(c3c(C)c(C)nc4ncnn34)CC2)cc1. The quantitative estimate of drug-likeness (QED) is 0.649. The van der Waals surface area contributed by atoms with Gasteiger partial charge in [-0.3, -0.25) is 0 Å². The Morgan fingerprint density at radius 3 is 2.36 bits per heavy atom. The van der Waals surface area contributed by atoms with E-state index in [0.717, 1.165) is 17.1 Å². The number of aryl methyl sites for hydroxylation is 1. The number of piperazine rings is 1. The molecule has 1 fully saturated rings. The molecule has 10 heteroatoms. The molecule has 0 radical (unpaired) electrons. The largest absolute Gasteiger partial charge is 0.497 e. The van der Waals surface area contributed by atoms with Crippen molar-refractivity contribution in [3.05, 3.63) is 41.9 Å². The number of sulfonamides is 1. The van der Waals surface area contributed by atoms with Gasteiger partial charge >= 0.3 is 0 Å². The highest BCUT2D eigenvalue weighted by Crippen LogP contribution is 2.26. The van der Waals surface area contributed by atoms with Crippen LogP contribution in [-0.4, -0.2) is 65.6 Å². The van der Waals surface area contributed by atoms with Crippen LogP contribution in [0.15, 0.2) is 35.5 Å². The maximum Gasteiger partial charge on any atom is 0.254 e. The molecule has 0 atom stereocenters. The molecule has 28 heavy (non-hydrogen) atoms. The number of ether oxygens (including phenoxy) is 1. The summed E-state index contributed by atoms with van der Waals surface area (Å²) in [4.78, 5) is 11.0. The van der Waals surface area contributed by atoms with Crippen molar-refractivity contribution in [1.82, 2.24) is 23.9 Å². The molecule has 0 aliphatic carbocycles. The van der Waals surface area contributed by atoms with E-state index in [1.807, 2.05) is 13.8 Å². The second-order valence-corrected chi connectivity index (χ2v) is 8.62. The molecule has 0 N–H and O–H groups in total. The van der Waals surface area contributed by atoms with Crippen LogP contribution in [0.4, 0.5) is 5.82 Å². The summed E-state index contributed by atoms with van der Waals surface area (Å²) in [6.45, 7) is 5.86. The fourth-order valence-corrected chi connectivity index (χ4v) is 4.85. The third-order valence-electron chi connectivity index (χ3n) is 5.11. The molecule has 1 aromatic carbocycles. The maximum absolute atomic E-state index is 13.0. The van der Waals surface area contributed by atoms with Crippen molar-refractivity contribution >= 4 is 21.6 Å². The number of hydrogen-bond donors (Lipinski definition) is 0. The second kappa shape index (κ2) is 7.02. The van der Waals surface area contributed by atoms with E-state index >= 15 is 0 Å². The Balaban J connectivity index is 1.57. The van der Waals surface area contributed by atoms with Crippen LogP contribution in [0.25, 0.3) is 5.78 Å². The van der Waals surface area contributed by atoms with Gasteiger partial charge in [-0.1, -0.05) is 0 Å². The molecule has 3 aromatic rings. The van der Waals surface area contributed by atoms with Gasteiger partial charge in [0, 0.05) is 37.4 Å². The lowest BCUT2D eigenvalue weighted by Gasteiger charge is -2.36. The van der Waals surface area contributed by atoms with Crippen LogP contribution >= 0.6 is 0 Å². The van der Waals surface area contributed by atoms with Crippen molar-refractivity contribution in [2.24, 2.45) is 0 Å². The Morgan fingerprint density at radius 1 is 1.04 bits per heavy atom. The molecule has 0 spiro atoms. The minimum atomic E-state index is -3.54. The van der Waals surface area contributed by atoms with E-state index < -0.39 is 10.0 Å². The van der Waals surface area contributed by atoms with E-state index in [1.54, 1.807) is 35.9 Å². The Hall–Kier alpha value is -2.72. The Bertz CT molecular complexity index is 1100.